The smallest absolute Gasteiger partial charge is 0.256 e. The van der Waals surface area contributed by atoms with Crippen molar-refractivity contribution in [2.75, 3.05) is 26.2 Å². The van der Waals surface area contributed by atoms with E-state index in [1.54, 1.807) is 6.20 Å². The van der Waals surface area contributed by atoms with Crippen LogP contribution >= 0.6 is 0 Å². The molecule has 126 valence electrons. The minimum absolute atomic E-state index is 0.00280. The van der Waals surface area contributed by atoms with Crippen molar-refractivity contribution in [3.05, 3.63) is 41.6 Å². The Labute approximate surface area is 141 Å². The topological polar surface area (TPSA) is 79.5 Å². The Balaban J connectivity index is 1.82. The third-order valence-corrected chi connectivity index (χ3v) is 4.63. The summed E-state index contributed by atoms with van der Waals surface area (Å²) in [5.41, 5.74) is 7.75. The van der Waals surface area contributed by atoms with Crippen molar-refractivity contribution in [2.24, 2.45) is 5.73 Å². The molecule has 0 saturated carbocycles. The molecule has 24 heavy (non-hydrogen) atoms. The van der Waals surface area contributed by atoms with E-state index in [0.29, 0.717) is 25.2 Å². The Hall–Kier alpha value is -2.47. The number of para-hydroxylation sites is 1. The van der Waals surface area contributed by atoms with Crippen LogP contribution in [-0.2, 0) is 4.79 Å². The zero-order valence-corrected chi connectivity index (χ0v) is 14.0. The second-order valence-electron chi connectivity index (χ2n) is 6.36. The number of piperazine rings is 1. The molecular weight excluding hydrogens is 304 g/mol. The molecule has 1 saturated heterocycles. The number of primary amides is 1. The number of nitrogens with zero attached hydrogens (tertiary/aromatic N) is 3. The number of hydrogen-bond donors (Lipinski definition) is 1. The monoisotopic (exact) mass is 326 g/mol. The van der Waals surface area contributed by atoms with Crippen LogP contribution in [0.1, 0.15) is 22.8 Å². The number of hydrogen-bond acceptors (Lipinski definition) is 4. The van der Waals surface area contributed by atoms with Crippen molar-refractivity contribution in [2.45, 2.75) is 19.9 Å². The van der Waals surface area contributed by atoms with E-state index in [1.807, 2.05) is 47.9 Å². The molecule has 0 spiro atoms. The highest BCUT2D eigenvalue weighted by Crippen LogP contribution is 2.22. The second-order valence-corrected chi connectivity index (χ2v) is 6.36. The SMILES string of the molecule is Cc1c(C(=O)N2CCN(CC(N)=O)C[C@H]2C)cnc2ccccc12. The van der Waals surface area contributed by atoms with Crippen molar-refractivity contribution in [1.29, 1.82) is 0 Å². The number of carbonyl (C=O) groups excluding carboxylic acids is 2. The summed E-state index contributed by atoms with van der Waals surface area (Å²) < 4.78 is 0. The molecule has 0 aliphatic carbocycles. The Morgan fingerprint density at radius 1 is 1.29 bits per heavy atom. The van der Waals surface area contributed by atoms with Crippen molar-refractivity contribution in [1.82, 2.24) is 14.8 Å². The summed E-state index contributed by atoms with van der Waals surface area (Å²) in [6, 6.07) is 7.86. The molecule has 2 heterocycles. The maximum Gasteiger partial charge on any atom is 0.256 e. The number of pyridine rings is 1. The summed E-state index contributed by atoms with van der Waals surface area (Å²) in [7, 11) is 0. The van der Waals surface area contributed by atoms with Crippen LogP contribution in [0, 0.1) is 6.92 Å². The summed E-state index contributed by atoms with van der Waals surface area (Å²) >= 11 is 0. The quantitative estimate of drug-likeness (QED) is 0.918. The molecule has 1 atom stereocenters. The van der Waals surface area contributed by atoms with E-state index < -0.39 is 0 Å². The van der Waals surface area contributed by atoms with E-state index >= 15 is 0 Å². The van der Waals surface area contributed by atoms with Gasteiger partial charge in [0.15, 0.2) is 0 Å². The maximum absolute atomic E-state index is 13.0. The second kappa shape index (κ2) is 6.57. The molecule has 2 amide bonds. The third-order valence-electron chi connectivity index (χ3n) is 4.63. The van der Waals surface area contributed by atoms with E-state index in [-0.39, 0.29) is 24.4 Å². The number of rotatable bonds is 3. The molecule has 1 aromatic carbocycles. The van der Waals surface area contributed by atoms with Gasteiger partial charge in [0.05, 0.1) is 17.6 Å². The van der Waals surface area contributed by atoms with Gasteiger partial charge >= 0.3 is 0 Å². The fraction of sp³-hybridized carbons (Fsp3) is 0.389. The van der Waals surface area contributed by atoms with Gasteiger partial charge in [-0.05, 0) is 25.5 Å². The van der Waals surface area contributed by atoms with E-state index in [9.17, 15) is 9.59 Å². The normalized spacial score (nSPS) is 18.8. The summed E-state index contributed by atoms with van der Waals surface area (Å²) in [6.45, 7) is 6.08. The number of aromatic nitrogens is 1. The van der Waals surface area contributed by atoms with Crippen LogP contribution < -0.4 is 5.73 Å². The van der Waals surface area contributed by atoms with Crippen LogP contribution in [0.4, 0.5) is 0 Å². The number of amides is 2. The zero-order chi connectivity index (χ0) is 17.3. The summed E-state index contributed by atoms with van der Waals surface area (Å²) in [5.74, 6) is -0.339. The zero-order valence-electron chi connectivity index (χ0n) is 14.0. The lowest BCUT2D eigenvalue weighted by Crippen LogP contribution is -2.55. The predicted octanol–water partition coefficient (Wildman–Crippen LogP) is 1.17. The van der Waals surface area contributed by atoms with Crippen LogP contribution in [0.15, 0.2) is 30.5 Å². The highest BCUT2D eigenvalue weighted by atomic mass is 16.2. The van der Waals surface area contributed by atoms with Crippen molar-refractivity contribution in [3.63, 3.8) is 0 Å². The number of nitrogens with two attached hydrogens (primary N) is 1. The van der Waals surface area contributed by atoms with Gasteiger partial charge in [0.25, 0.3) is 5.91 Å². The molecule has 0 bridgehead atoms. The average molecular weight is 326 g/mol. The minimum Gasteiger partial charge on any atom is -0.369 e. The summed E-state index contributed by atoms with van der Waals surface area (Å²) in [4.78, 5) is 32.3. The van der Waals surface area contributed by atoms with Gasteiger partial charge in [0.1, 0.15) is 0 Å². The van der Waals surface area contributed by atoms with Crippen molar-refractivity contribution < 1.29 is 9.59 Å². The molecule has 3 rings (SSSR count). The lowest BCUT2D eigenvalue weighted by molar-refractivity contribution is -0.119. The standard InChI is InChI=1S/C18H22N4O2/c1-12-10-21(11-17(19)23)7-8-22(12)18(24)15-9-20-16-6-4-3-5-14(16)13(15)2/h3-6,9,12H,7-8,10-11H2,1-2H3,(H2,19,23)/t12-/m1/s1. The summed E-state index contributed by atoms with van der Waals surface area (Å²) in [6.07, 6.45) is 1.67. The van der Waals surface area contributed by atoms with E-state index in [0.717, 1.165) is 16.5 Å². The number of aryl methyl sites for hydroxylation is 1. The Bertz CT molecular complexity index is 790. The first-order valence-corrected chi connectivity index (χ1v) is 8.13. The molecule has 1 aromatic heterocycles. The lowest BCUT2D eigenvalue weighted by Gasteiger charge is -2.39. The fourth-order valence-electron chi connectivity index (χ4n) is 3.35. The molecule has 1 fully saturated rings. The van der Waals surface area contributed by atoms with Crippen LogP contribution in [-0.4, -0.2) is 58.8 Å². The van der Waals surface area contributed by atoms with Gasteiger partial charge < -0.3 is 10.6 Å². The van der Waals surface area contributed by atoms with Gasteiger partial charge in [0, 0.05) is 37.3 Å². The molecule has 1 aliphatic rings. The highest BCUT2D eigenvalue weighted by Gasteiger charge is 2.29. The Morgan fingerprint density at radius 3 is 2.75 bits per heavy atom. The first-order valence-electron chi connectivity index (χ1n) is 8.13. The van der Waals surface area contributed by atoms with Gasteiger partial charge in [-0.2, -0.15) is 0 Å². The summed E-state index contributed by atoms with van der Waals surface area (Å²) in [5, 5.41) is 1.00. The Kier molecular flexibility index (Phi) is 4.49. The molecule has 0 unspecified atom stereocenters. The van der Waals surface area contributed by atoms with Crippen LogP contribution in [0.5, 0.6) is 0 Å². The number of benzene rings is 1. The highest BCUT2D eigenvalue weighted by molar-refractivity contribution is 6.00. The van der Waals surface area contributed by atoms with Gasteiger partial charge in [-0.15, -0.1) is 0 Å². The first-order chi connectivity index (χ1) is 11.5. The molecular formula is C18H22N4O2. The molecule has 2 N–H and O–H groups in total. The largest absolute Gasteiger partial charge is 0.369 e. The van der Waals surface area contributed by atoms with E-state index in [2.05, 4.69) is 4.98 Å². The minimum atomic E-state index is -0.337. The molecule has 1 aliphatic heterocycles. The maximum atomic E-state index is 13.0. The lowest BCUT2D eigenvalue weighted by atomic mass is 10.0. The van der Waals surface area contributed by atoms with E-state index in [1.165, 1.54) is 0 Å². The third kappa shape index (κ3) is 3.10. The van der Waals surface area contributed by atoms with Gasteiger partial charge in [0.2, 0.25) is 5.91 Å². The number of carbonyl (C=O) groups is 2. The average Bonchev–Trinajstić information content (AvgIpc) is 2.54. The number of fused-ring (bicyclic) bond motifs is 1. The fourth-order valence-corrected chi connectivity index (χ4v) is 3.35. The van der Waals surface area contributed by atoms with Crippen LogP contribution in [0.25, 0.3) is 10.9 Å². The predicted molar refractivity (Wildman–Crippen MR) is 92.6 cm³/mol. The van der Waals surface area contributed by atoms with Gasteiger partial charge in [-0.1, -0.05) is 18.2 Å². The Morgan fingerprint density at radius 2 is 2.04 bits per heavy atom. The van der Waals surface area contributed by atoms with Gasteiger partial charge in [-0.3, -0.25) is 19.5 Å². The first kappa shape index (κ1) is 16.4. The molecule has 2 aromatic rings. The van der Waals surface area contributed by atoms with Crippen molar-refractivity contribution >= 4 is 22.7 Å². The van der Waals surface area contributed by atoms with Crippen LogP contribution in [0.3, 0.4) is 0 Å². The molecule has 0 radical (unpaired) electrons. The van der Waals surface area contributed by atoms with Crippen LogP contribution in [0.2, 0.25) is 0 Å². The molecule has 6 nitrogen and oxygen atoms in total. The molecule has 6 heteroatoms. The van der Waals surface area contributed by atoms with Gasteiger partial charge in [-0.25, -0.2) is 0 Å². The van der Waals surface area contributed by atoms with E-state index in [4.69, 9.17) is 5.73 Å². The van der Waals surface area contributed by atoms with Crippen molar-refractivity contribution in [3.8, 4) is 0 Å².